The van der Waals surface area contributed by atoms with Gasteiger partial charge >= 0.3 is 5.97 Å². The first-order valence-electron chi connectivity index (χ1n) is 6.86. The third-order valence-corrected chi connectivity index (χ3v) is 3.48. The van der Waals surface area contributed by atoms with Crippen LogP contribution in [0.2, 0.25) is 0 Å². The summed E-state index contributed by atoms with van der Waals surface area (Å²) in [5.41, 5.74) is 2.19. The molecule has 0 bridgehead atoms. The number of benzene rings is 1. The molecule has 1 N–H and O–H groups in total. The van der Waals surface area contributed by atoms with Crippen molar-refractivity contribution in [2.75, 3.05) is 0 Å². The molecule has 0 amide bonds. The average Bonchev–Trinajstić information content (AvgIpc) is 2.36. The zero-order chi connectivity index (χ0) is 13.5. The summed E-state index contributed by atoms with van der Waals surface area (Å²) in [5.74, 6) is -0.483. The van der Waals surface area contributed by atoms with E-state index < -0.39 is 11.9 Å². The standard InChI is InChI=1S/C16H24O2/c1-4-5-6-12(2)11-14-7-9-15(10-8-14)13(3)16(17)18/h7-10,12-13H,4-6,11H2,1-3H3,(H,17,18)/t12?,13-/m1/s1. The molecule has 0 saturated heterocycles. The van der Waals surface area contributed by atoms with Gasteiger partial charge in [-0.25, -0.2) is 0 Å². The molecule has 1 aromatic rings. The van der Waals surface area contributed by atoms with Gasteiger partial charge in [0.2, 0.25) is 0 Å². The highest BCUT2D eigenvalue weighted by molar-refractivity contribution is 5.75. The first-order chi connectivity index (χ1) is 8.54. The van der Waals surface area contributed by atoms with Crippen molar-refractivity contribution >= 4 is 5.97 Å². The molecular weight excluding hydrogens is 224 g/mol. The van der Waals surface area contributed by atoms with Crippen molar-refractivity contribution in [1.29, 1.82) is 0 Å². The van der Waals surface area contributed by atoms with Crippen molar-refractivity contribution in [2.45, 2.75) is 52.4 Å². The number of hydrogen-bond donors (Lipinski definition) is 1. The molecule has 1 aromatic carbocycles. The lowest BCUT2D eigenvalue weighted by atomic mass is 9.94. The van der Waals surface area contributed by atoms with Gasteiger partial charge in [0.25, 0.3) is 0 Å². The number of hydrogen-bond acceptors (Lipinski definition) is 1. The third kappa shape index (κ3) is 4.52. The summed E-state index contributed by atoms with van der Waals surface area (Å²) in [6.07, 6.45) is 4.89. The van der Waals surface area contributed by atoms with E-state index in [2.05, 4.69) is 26.0 Å². The molecule has 100 valence electrons. The van der Waals surface area contributed by atoms with Gasteiger partial charge in [-0.15, -0.1) is 0 Å². The topological polar surface area (TPSA) is 37.3 Å². The zero-order valence-corrected chi connectivity index (χ0v) is 11.6. The minimum atomic E-state index is -0.765. The summed E-state index contributed by atoms with van der Waals surface area (Å²) >= 11 is 0. The third-order valence-electron chi connectivity index (χ3n) is 3.48. The van der Waals surface area contributed by atoms with E-state index in [1.54, 1.807) is 6.92 Å². The molecule has 0 aliphatic heterocycles. The summed E-state index contributed by atoms with van der Waals surface area (Å²) in [4.78, 5) is 10.9. The lowest BCUT2D eigenvalue weighted by molar-refractivity contribution is -0.138. The molecule has 18 heavy (non-hydrogen) atoms. The molecule has 0 spiro atoms. The Morgan fingerprint density at radius 1 is 1.22 bits per heavy atom. The predicted molar refractivity (Wildman–Crippen MR) is 74.9 cm³/mol. The van der Waals surface area contributed by atoms with Gasteiger partial charge in [0.05, 0.1) is 5.92 Å². The van der Waals surface area contributed by atoms with Crippen LogP contribution in [0.15, 0.2) is 24.3 Å². The number of carboxylic acids is 1. The van der Waals surface area contributed by atoms with Crippen molar-refractivity contribution in [3.8, 4) is 0 Å². The number of carboxylic acid groups (broad SMARTS) is 1. The van der Waals surface area contributed by atoms with Crippen molar-refractivity contribution in [1.82, 2.24) is 0 Å². The normalized spacial score (nSPS) is 14.2. The summed E-state index contributed by atoms with van der Waals surface area (Å²) in [7, 11) is 0. The van der Waals surface area contributed by atoms with Crippen LogP contribution in [0.25, 0.3) is 0 Å². The molecule has 2 atom stereocenters. The molecule has 0 radical (unpaired) electrons. The number of rotatable bonds is 7. The van der Waals surface area contributed by atoms with Crippen LogP contribution < -0.4 is 0 Å². The molecule has 1 unspecified atom stereocenters. The van der Waals surface area contributed by atoms with Crippen LogP contribution in [-0.4, -0.2) is 11.1 Å². The number of unbranched alkanes of at least 4 members (excludes halogenated alkanes) is 1. The van der Waals surface area contributed by atoms with Crippen LogP contribution in [0.3, 0.4) is 0 Å². The summed E-state index contributed by atoms with van der Waals surface area (Å²) in [5, 5.41) is 8.95. The molecule has 2 nitrogen and oxygen atoms in total. The van der Waals surface area contributed by atoms with Crippen LogP contribution in [-0.2, 0) is 11.2 Å². The van der Waals surface area contributed by atoms with Crippen molar-refractivity contribution in [2.24, 2.45) is 5.92 Å². The lowest BCUT2D eigenvalue weighted by Crippen LogP contribution is -2.07. The molecule has 0 saturated carbocycles. The van der Waals surface area contributed by atoms with E-state index >= 15 is 0 Å². The van der Waals surface area contributed by atoms with Gasteiger partial charge in [0.1, 0.15) is 0 Å². The zero-order valence-electron chi connectivity index (χ0n) is 11.6. The fraction of sp³-hybridized carbons (Fsp3) is 0.562. The lowest BCUT2D eigenvalue weighted by Gasteiger charge is -2.12. The Bertz CT molecular complexity index is 367. The Morgan fingerprint density at radius 3 is 2.33 bits per heavy atom. The maximum Gasteiger partial charge on any atom is 0.310 e. The minimum Gasteiger partial charge on any atom is -0.481 e. The quantitative estimate of drug-likeness (QED) is 0.783. The first-order valence-corrected chi connectivity index (χ1v) is 6.86. The van der Waals surface area contributed by atoms with Gasteiger partial charge in [0, 0.05) is 0 Å². The second kappa shape index (κ2) is 7.20. The molecule has 2 heteroatoms. The van der Waals surface area contributed by atoms with Gasteiger partial charge in [-0.3, -0.25) is 4.79 Å². The molecule has 0 heterocycles. The maximum absolute atomic E-state index is 10.9. The van der Waals surface area contributed by atoms with E-state index in [0.717, 1.165) is 12.0 Å². The number of carbonyl (C=O) groups is 1. The van der Waals surface area contributed by atoms with Gasteiger partial charge in [0.15, 0.2) is 0 Å². The van der Waals surface area contributed by atoms with E-state index in [-0.39, 0.29) is 0 Å². The van der Waals surface area contributed by atoms with Crippen LogP contribution >= 0.6 is 0 Å². The van der Waals surface area contributed by atoms with Crippen molar-refractivity contribution in [3.05, 3.63) is 35.4 Å². The maximum atomic E-state index is 10.9. The minimum absolute atomic E-state index is 0.420. The van der Waals surface area contributed by atoms with Crippen LogP contribution in [0, 0.1) is 5.92 Å². The molecule has 0 aliphatic carbocycles. The second-order valence-electron chi connectivity index (χ2n) is 5.25. The van der Waals surface area contributed by atoms with Crippen LogP contribution in [0.1, 0.15) is 57.1 Å². The van der Waals surface area contributed by atoms with E-state index in [1.807, 2.05) is 12.1 Å². The highest BCUT2D eigenvalue weighted by Gasteiger charge is 2.13. The Kier molecular flexibility index (Phi) is 5.90. The first kappa shape index (κ1) is 14.7. The van der Waals surface area contributed by atoms with E-state index in [9.17, 15) is 4.79 Å². The molecule has 0 fully saturated rings. The van der Waals surface area contributed by atoms with Gasteiger partial charge in [-0.1, -0.05) is 57.4 Å². The molecule has 1 rings (SSSR count). The Hall–Kier alpha value is -1.31. The predicted octanol–water partition coefficient (Wildman–Crippen LogP) is 4.24. The largest absolute Gasteiger partial charge is 0.481 e. The second-order valence-corrected chi connectivity index (χ2v) is 5.25. The van der Waals surface area contributed by atoms with Gasteiger partial charge in [-0.05, 0) is 30.4 Å². The highest BCUT2D eigenvalue weighted by atomic mass is 16.4. The molecular formula is C16H24O2. The monoisotopic (exact) mass is 248 g/mol. The fourth-order valence-corrected chi connectivity index (χ4v) is 2.14. The van der Waals surface area contributed by atoms with Crippen molar-refractivity contribution < 1.29 is 9.90 Å². The Labute approximate surface area is 110 Å². The van der Waals surface area contributed by atoms with E-state index in [0.29, 0.717) is 5.92 Å². The van der Waals surface area contributed by atoms with Gasteiger partial charge in [-0.2, -0.15) is 0 Å². The highest BCUT2D eigenvalue weighted by Crippen LogP contribution is 2.19. The molecule has 0 aliphatic rings. The number of aliphatic carboxylic acids is 1. The fourth-order valence-electron chi connectivity index (χ4n) is 2.14. The smallest absolute Gasteiger partial charge is 0.310 e. The Balaban J connectivity index is 2.57. The summed E-state index contributed by atoms with van der Waals surface area (Å²) in [6, 6.07) is 8.02. The van der Waals surface area contributed by atoms with Gasteiger partial charge < -0.3 is 5.11 Å². The summed E-state index contributed by atoms with van der Waals surface area (Å²) in [6.45, 7) is 6.22. The SMILES string of the molecule is CCCCC(C)Cc1ccc([C@@H](C)C(=O)O)cc1. The summed E-state index contributed by atoms with van der Waals surface area (Å²) < 4.78 is 0. The average molecular weight is 248 g/mol. The van der Waals surface area contributed by atoms with E-state index in [1.165, 1.54) is 24.8 Å². The van der Waals surface area contributed by atoms with E-state index in [4.69, 9.17) is 5.11 Å². The molecule has 0 aromatic heterocycles. The van der Waals surface area contributed by atoms with Crippen LogP contribution in [0.4, 0.5) is 0 Å². The Morgan fingerprint density at radius 2 is 1.83 bits per heavy atom. The van der Waals surface area contributed by atoms with Crippen LogP contribution in [0.5, 0.6) is 0 Å². The van der Waals surface area contributed by atoms with Crippen molar-refractivity contribution in [3.63, 3.8) is 0 Å².